The Morgan fingerprint density at radius 3 is 2.61 bits per heavy atom. The highest BCUT2D eigenvalue weighted by atomic mass is 35.5. The van der Waals surface area contributed by atoms with Crippen molar-refractivity contribution in [1.82, 2.24) is 35.4 Å². The van der Waals surface area contributed by atoms with Gasteiger partial charge < -0.3 is 31.1 Å². The first-order valence-corrected chi connectivity index (χ1v) is 20.0. The molecule has 1 aromatic carbocycles. The zero-order valence-corrected chi connectivity index (χ0v) is 34.3. The fourth-order valence-electron chi connectivity index (χ4n) is 8.94. The van der Waals surface area contributed by atoms with Crippen molar-refractivity contribution in [1.29, 1.82) is 0 Å². The van der Waals surface area contributed by atoms with Crippen molar-refractivity contribution >= 4 is 57.5 Å². The van der Waals surface area contributed by atoms with Gasteiger partial charge in [-0.05, 0) is 88.7 Å². The van der Waals surface area contributed by atoms with Crippen LogP contribution in [-0.2, 0) is 7.05 Å². The summed E-state index contributed by atoms with van der Waals surface area (Å²) in [5, 5.41) is 20.2. The van der Waals surface area contributed by atoms with Gasteiger partial charge in [0.1, 0.15) is 10.8 Å². The van der Waals surface area contributed by atoms with E-state index in [-0.39, 0.29) is 11.3 Å². The number of benzene rings is 1. The Bertz CT molecular complexity index is 2200. The maximum absolute atomic E-state index is 6.63. The molecule has 4 aliphatic rings. The molecule has 294 valence electrons. The molecule has 56 heavy (non-hydrogen) atoms. The van der Waals surface area contributed by atoms with Crippen LogP contribution in [0.3, 0.4) is 0 Å². The number of piperidine rings is 1. The molecule has 1 spiro atoms. The van der Waals surface area contributed by atoms with Crippen LogP contribution in [0.5, 0.6) is 0 Å². The monoisotopic (exact) mass is 773 g/mol. The number of hydrogen-bond acceptors (Lipinski definition) is 10. The molecule has 3 aromatic heterocycles. The fraction of sp³-hybridized carbons (Fsp3) is 0.409. The van der Waals surface area contributed by atoms with Crippen molar-refractivity contribution < 1.29 is 0 Å². The fourth-order valence-corrected chi connectivity index (χ4v) is 9.08. The number of fused-ring (bicyclic) bond motifs is 2. The van der Waals surface area contributed by atoms with Crippen LogP contribution in [-0.4, -0.2) is 65.0 Å². The third kappa shape index (κ3) is 7.67. The van der Waals surface area contributed by atoms with E-state index in [1.807, 2.05) is 43.0 Å². The first-order chi connectivity index (χ1) is 26.9. The predicted molar refractivity (Wildman–Crippen MR) is 234 cm³/mol. The van der Waals surface area contributed by atoms with Crippen LogP contribution in [0.4, 0.5) is 29.0 Å². The van der Waals surface area contributed by atoms with E-state index >= 15 is 0 Å². The predicted octanol–water partition coefficient (Wildman–Crippen LogP) is 8.91. The van der Waals surface area contributed by atoms with Crippen LogP contribution in [0.2, 0.25) is 5.02 Å². The van der Waals surface area contributed by atoms with Gasteiger partial charge in [-0.3, -0.25) is 4.68 Å². The van der Waals surface area contributed by atoms with Crippen LogP contribution < -0.4 is 31.1 Å². The molecule has 1 saturated carbocycles. The van der Waals surface area contributed by atoms with E-state index in [2.05, 4.69) is 102 Å². The quantitative estimate of drug-likeness (QED) is 0.123. The molecule has 0 bridgehead atoms. The topological polar surface area (TPSA) is 111 Å². The minimum absolute atomic E-state index is 0.175. The van der Waals surface area contributed by atoms with E-state index in [9.17, 15) is 0 Å². The molecule has 3 fully saturated rings. The zero-order valence-electron chi connectivity index (χ0n) is 33.6. The molecule has 3 atom stereocenters. The highest BCUT2D eigenvalue weighted by Gasteiger charge is 2.48. The van der Waals surface area contributed by atoms with Crippen LogP contribution in [0.25, 0.3) is 17.0 Å². The maximum atomic E-state index is 6.63. The van der Waals surface area contributed by atoms with Gasteiger partial charge in [-0.25, -0.2) is 9.97 Å². The number of nitrogens with one attached hydrogen (secondary N) is 4. The summed E-state index contributed by atoms with van der Waals surface area (Å²) >= 11 is 6.63. The van der Waals surface area contributed by atoms with Crippen molar-refractivity contribution in [2.45, 2.75) is 63.8 Å². The molecule has 12 heteroatoms. The summed E-state index contributed by atoms with van der Waals surface area (Å²) in [5.74, 6) is 2.82. The molecular weight excluding hydrogens is 718 g/mol. The average Bonchev–Trinajstić information content (AvgIpc) is 3.50. The normalized spacial score (nSPS) is 21.4. The molecule has 1 aliphatic carbocycles. The number of likely N-dealkylation sites (N-methyl/N-ethyl adjacent to an activating group) is 1. The van der Waals surface area contributed by atoms with Crippen LogP contribution in [0, 0.1) is 11.3 Å². The largest absolute Gasteiger partial charge is 0.380 e. The van der Waals surface area contributed by atoms with E-state index in [0.29, 0.717) is 28.7 Å². The molecule has 4 N–H and O–H groups in total. The lowest BCUT2D eigenvalue weighted by molar-refractivity contribution is 0.0963. The number of para-hydroxylation sites is 1. The molecule has 0 amide bonds. The Morgan fingerprint density at radius 1 is 1.09 bits per heavy atom. The summed E-state index contributed by atoms with van der Waals surface area (Å²) in [6.07, 6.45) is 14.7. The average molecular weight is 774 g/mol. The van der Waals surface area contributed by atoms with Crippen LogP contribution in [0.15, 0.2) is 91.7 Å². The number of hydrogen-bond donors (Lipinski definition) is 4. The maximum Gasteiger partial charge on any atom is 0.227 e. The van der Waals surface area contributed by atoms with Crippen LogP contribution >= 0.6 is 11.6 Å². The van der Waals surface area contributed by atoms with Gasteiger partial charge in [0, 0.05) is 72.6 Å². The molecular formula is C44H56ClN11. The summed E-state index contributed by atoms with van der Waals surface area (Å²) < 4.78 is 2.04. The Morgan fingerprint density at radius 2 is 1.88 bits per heavy atom. The van der Waals surface area contributed by atoms with Gasteiger partial charge in [-0.2, -0.15) is 10.1 Å². The van der Waals surface area contributed by atoms with Crippen molar-refractivity contribution in [3.63, 3.8) is 0 Å². The molecule has 4 aromatic rings. The zero-order chi connectivity index (χ0) is 39.7. The van der Waals surface area contributed by atoms with E-state index in [4.69, 9.17) is 26.7 Å². The smallest absolute Gasteiger partial charge is 0.227 e. The van der Waals surface area contributed by atoms with E-state index < -0.39 is 0 Å². The second kappa shape index (κ2) is 16.2. The SMILES string of the molecule is C=CCCC1=Cc2cc(Nc3nc(N4CC5(CCC(Nc6cccc7c(C8CCC(=C)NC8=C)nn(C)c67)C(C)C5)C4)ncc3Cl)cnc2N(C)C1=C.CNC. The molecule has 11 nitrogen and oxygen atoms in total. The van der Waals surface area contributed by atoms with Gasteiger partial charge in [0.15, 0.2) is 5.82 Å². The molecule has 3 aliphatic heterocycles. The van der Waals surface area contributed by atoms with Crippen molar-refractivity contribution in [3.8, 4) is 0 Å². The van der Waals surface area contributed by atoms with Gasteiger partial charge in [0.2, 0.25) is 5.95 Å². The van der Waals surface area contributed by atoms with Crippen LogP contribution in [0.1, 0.15) is 69.0 Å². The van der Waals surface area contributed by atoms with E-state index in [1.165, 1.54) is 11.0 Å². The second-order valence-corrected chi connectivity index (χ2v) is 16.4. The minimum atomic E-state index is 0.175. The summed E-state index contributed by atoms with van der Waals surface area (Å²) in [6, 6.07) is 9.01. The van der Waals surface area contributed by atoms with Crippen molar-refractivity contribution in [3.05, 3.63) is 108 Å². The summed E-state index contributed by atoms with van der Waals surface area (Å²) in [7, 11) is 7.80. The van der Waals surface area contributed by atoms with Crippen molar-refractivity contribution in [2.75, 3.05) is 54.7 Å². The third-order valence-electron chi connectivity index (χ3n) is 11.8. The Balaban J connectivity index is 0.00000155. The number of anilines is 5. The van der Waals surface area contributed by atoms with E-state index in [0.717, 1.165) is 109 Å². The Hall–Kier alpha value is -5.13. The molecule has 6 heterocycles. The van der Waals surface area contributed by atoms with Gasteiger partial charge in [0.25, 0.3) is 0 Å². The third-order valence-corrected chi connectivity index (χ3v) is 12.0. The first-order valence-electron chi connectivity index (χ1n) is 19.7. The van der Waals surface area contributed by atoms with Gasteiger partial charge in [0.05, 0.1) is 35.0 Å². The summed E-state index contributed by atoms with van der Waals surface area (Å²) in [6.45, 7) is 20.8. The minimum Gasteiger partial charge on any atom is -0.380 e. The summed E-state index contributed by atoms with van der Waals surface area (Å²) in [4.78, 5) is 18.6. The Labute approximate surface area is 336 Å². The highest BCUT2D eigenvalue weighted by molar-refractivity contribution is 6.32. The molecule has 2 saturated heterocycles. The molecule has 0 radical (unpaired) electrons. The van der Waals surface area contributed by atoms with Crippen molar-refractivity contribution in [2.24, 2.45) is 18.4 Å². The van der Waals surface area contributed by atoms with Gasteiger partial charge >= 0.3 is 0 Å². The summed E-state index contributed by atoms with van der Waals surface area (Å²) in [5.41, 5.74) is 9.64. The lowest BCUT2D eigenvalue weighted by Crippen LogP contribution is -2.60. The van der Waals surface area contributed by atoms with Gasteiger partial charge in [-0.15, -0.1) is 6.58 Å². The lowest BCUT2D eigenvalue weighted by Gasteiger charge is -2.55. The standard InChI is InChI=1S/C42H49ClN10.C2H7N/c1-8-9-11-29-18-30-19-31(21-44-40(30)51(6)28(29)5)47-39-34(43)22-45-41(49-39)53-23-42(24-53)17-16-35(25(2)20-42)48-36-13-10-12-33-37(50-52(7)38(33)36)32-15-14-26(3)46-27(32)4;1-3-2/h8,10,12-13,18-19,21-22,25,32,35,46,48H,1,3-5,9,11,14-17,20,23-24H2,2,6-7H3,(H,45,47,49);3H,1-2H3. The van der Waals surface area contributed by atoms with E-state index in [1.54, 1.807) is 6.20 Å². The second-order valence-electron chi connectivity index (χ2n) is 16.0. The molecule has 3 unspecified atom stereocenters. The molecule has 8 rings (SSSR count). The number of allylic oxidation sites excluding steroid dienone is 4. The number of nitrogens with zero attached hydrogens (tertiary/aromatic N) is 7. The number of aromatic nitrogens is 5. The highest BCUT2D eigenvalue weighted by Crippen LogP contribution is 2.48. The number of pyridine rings is 1. The number of rotatable bonds is 9. The number of aryl methyl sites for hydroxylation is 1. The van der Waals surface area contributed by atoms with Gasteiger partial charge in [-0.1, -0.05) is 56.5 Å². The lowest BCUT2D eigenvalue weighted by atomic mass is 9.64. The first kappa shape index (κ1) is 39.1. The number of halogens is 1. The Kier molecular flexibility index (Phi) is 11.3.